The fourth-order valence-electron chi connectivity index (χ4n) is 1.42. The summed E-state index contributed by atoms with van der Waals surface area (Å²) in [6, 6.07) is 7.03. The summed E-state index contributed by atoms with van der Waals surface area (Å²) >= 11 is 5.85. The molecule has 0 aliphatic carbocycles. The third-order valence-electron chi connectivity index (χ3n) is 2.08. The van der Waals surface area contributed by atoms with Crippen LogP contribution >= 0.6 is 11.6 Å². The van der Waals surface area contributed by atoms with E-state index < -0.39 is 5.97 Å². The highest BCUT2D eigenvalue weighted by Gasteiger charge is 2.13. The Labute approximate surface area is 96.4 Å². The van der Waals surface area contributed by atoms with Crippen molar-refractivity contribution in [2.45, 2.75) is 6.42 Å². The van der Waals surface area contributed by atoms with Gasteiger partial charge in [0.05, 0.1) is 6.42 Å². The van der Waals surface area contributed by atoms with Crippen molar-refractivity contribution < 1.29 is 14.4 Å². The zero-order valence-corrected chi connectivity index (χ0v) is 8.94. The normalized spacial score (nSPS) is 10.3. The maximum Gasteiger partial charge on any atom is 0.308 e. The van der Waals surface area contributed by atoms with Gasteiger partial charge >= 0.3 is 5.97 Å². The van der Waals surface area contributed by atoms with Gasteiger partial charge in [-0.05, 0) is 12.1 Å². The van der Waals surface area contributed by atoms with Gasteiger partial charge in [-0.25, -0.2) is 0 Å². The highest BCUT2D eigenvalue weighted by atomic mass is 35.5. The quantitative estimate of drug-likeness (QED) is 0.891. The van der Waals surface area contributed by atoms with Gasteiger partial charge in [-0.15, -0.1) is 0 Å². The summed E-state index contributed by atoms with van der Waals surface area (Å²) in [4.78, 5) is 10.6. The lowest BCUT2D eigenvalue weighted by Gasteiger charge is -1.99. The summed E-state index contributed by atoms with van der Waals surface area (Å²) in [6.07, 6.45) is 1.22. The van der Waals surface area contributed by atoms with E-state index in [-0.39, 0.29) is 6.42 Å². The molecule has 5 heteroatoms. The fourth-order valence-corrected chi connectivity index (χ4v) is 1.61. The van der Waals surface area contributed by atoms with Crippen molar-refractivity contribution in [3.63, 3.8) is 0 Å². The van der Waals surface area contributed by atoms with Crippen molar-refractivity contribution >= 4 is 17.6 Å². The molecule has 0 aliphatic heterocycles. The van der Waals surface area contributed by atoms with Gasteiger partial charge in [0.15, 0.2) is 0 Å². The van der Waals surface area contributed by atoms with Crippen molar-refractivity contribution in [1.29, 1.82) is 0 Å². The molecule has 0 atom stereocenters. The number of carboxylic acids is 1. The lowest BCUT2D eigenvalue weighted by molar-refractivity contribution is -0.136. The number of nitrogens with zero attached hydrogens (tertiary/aromatic N) is 1. The van der Waals surface area contributed by atoms with Gasteiger partial charge in [-0.1, -0.05) is 28.9 Å². The molecule has 0 bridgehead atoms. The monoisotopic (exact) mass is 237 g/mol. The molecule has 1 N–H and O–H groups in total. The van der Waals surface area contributed by atoms with Crippen molar-refractivity contribution in [2.75, 3.05) is 0 Å². The SMILES string of the molecule is O=C(O)Cc1conc1-c1cccc(Cl)c1. The molecule has 0 saturated carbocycles. The van der Waals surface area contributed by atoms with E-state index in [0.29, 0.717) is 16.3 Å². The van der Waals surface area contributed by atoms with E-state index in [9.17, 15) is 4.79 Å². The maximum absolute atomic E-state index is 10.6. The molecule has 0 saturated heterocycles. The van der Waals surface area contributed by atoms with Crippen LogP contribution in [0, 0.1) is 0 Å². The largest absolute Gasteiger partial charge is 0.481 e. The first-order valence-corrected chi connectivity index (χ1v) is 4.95. The maximum atomic E-state index is 10.6. The number of halogens is 1. The highest BCUT2D eigenvalue weighted by Crippen LogP contribution is 2.24. The van der Waals surface area contributed by atoms with Gasteiger partial charge in [-0.3, -0.25) is 4.79 Å². The van der Waals surface area contributed by atoms with Gasteiger partial charge in [0.25, 0.3) is 0 Å². The Kier molecular flexibility index (Phi) is 2.92. The Morgan fingerprint density at radius 2 is 2.31 bits per heavy atom. The van der Waals surface area contributed by atoms with Crippen LogP contribution < -0.4 is 0 Å². The molecule has 4 nitrogen and oxygen atoms in total. The van der Waals surface area contributed by atoms with Crippen LogP contribution in [-0.2, 0) is 11.2 Å². The van der Waals surface area contributed by atoms with E-state index in [2.05, 4.69) is 5.16 Å². The van der Waals surface area contributed by atoms with Crippen LogP contribution in [0.1, 0.15) is 5.56 Å². The van der Waals surface area contributed by atoms with Crippen LogP contribution in [0.15, 0.2) is 35.1 Å². The first-order chi connectivity index (χ1) is 7.66. The molecule has 1 aromatic carbocycles. The van der Waals surface area contributed by atoms with Crippen LogP contribution in [0.4, 0.5) is 0 Å². The molecule has 1 aromatic heterocycles. The molecule has 2 rings (SSSR count). The van der Waals surface area contributed by atoms with Crippen LogP contribution in [0.2, 0.25) is 5.02 Å². The number of carboxylic acid groups (broad SMARTS) is 1. The molecule has 82 valence electrons. The predicted octanol–water partition coefficient (Wildman–Crippen LogP) is 2.62. The molecule has 16 heavy (non-hydrogen) atoms. The highest BCUT2D eigenvalue weighted by molar-refractivity contribution is 6.30. The first-order valence-electron chi connectivity index (χ1n) is 4.58. The van der Waals surface area contributed by atoms with Crippen molar-refractivity contribution in [3.8, 4) is 11.3 Å². The van der Waals surface area contributed by atoms with Gasteiger partial charge in [0, 0.05) is 16.1 Å². The minimum Gasteiger partial charge on any atom is -0.481 e. The Hall–Kier alpha value is -1.81. The van der Waals surface area contributed by atoms with E-state index in [4.69, 9.17) is 21.2 Å². The van der Waals surface area contributed by atoms with Gasteiger partial charge in [-0.2, -0.15) is 0 Å². The van der Waals surface area contributed by atoms with Gasteiger partial charge < -0.3 is 9.63 Å². The minimum atomic E-state index is -0.925. The molecular formula is C11H8ClNO3. The van der Waals surface area contributed by atoms with Crippen LogP contribution in [0.3, 0.4) is 0 Å². The molecule has 0 radical (unpaired) electrons. The van der Waals surface area contributed by atoms with E-state index in [1.165, 1.54) is 6.26 Å². The van der Waals surface area contributed by atoms with E-state index in [0.717, 1.165) is 5.56 Å². The van der Waals surface area contributed by atoms with Crippen LogP contribution in [-0.4, -0.2) is 16.2 Å². The number of carbonyl (C=O) groups is 1. The summed E-state index contributed by atoms with van der Waals surface area (Å²) in [6.45, 7) is 0. The molecule has 0 fully saturated rings. The lowest BCUT2D eigenvalue weighted by atomic mass is 10.1. The first kappa shape index (κ1) is 10.7. The second-order valence-electron chi connectivity index (χ2n) is 3.27. The molecule has 0 unspecified atom stereocenters. The second-order valence-corrected chi connectivity index (χ2v) is 3.71. The number of hydrogen-bond donors (Lipinski definition) is 1. The average Bonchev–Trinajstić information content (AvgIpc) is 2.65. The lowest BCUT2D eigenvalue weighted by Crippen LogP contribution is -2.00. The smallest absolute Gasteiger partial charge is 0.308 e. The zero-order chi connectivity index (χ0) is 11.5. The van der Waals surface area contributed by atoms with Crippen LogP contribution in [0.5, 0.6) is 0 Å². The van der Waals surface area contributed by atoms with Crippen molar-refractivity contribution in [3.05, 3.63) is 41.1 Å². The molecule has 0 amide bonds. The Morgan fingerprint density at radius 3 is 3.00 bits per heavy atom. The van der Waals surface area contributed by atoms with E-state index in [1.54, 1.807) is 24.3 Å². The van der Waals surface area contributed by atoms with E-state index >= 15 is 0 Å². The molecule has 2 aromatic rings. The number of rotatable bonds is 3. The summed E-state index contributed by atoms with van der Waals surface area (Å²) in [7, 11) is 0. The van der Waals surface area contributed by atoms with Gasteiger partial charge in [0.1, 0.15) is 12.0 Å². The number of aliphatic carboxylic acids is 1. The molecule has 0 spiro atoms. The Bertz CT molecular complexity index is 521. The minimum absolute atomic E-state index is 0.120. The summed E-state index contributed by atoms with van der Waals surface area (Å²) in [5.74, 6) is -0.925. The third-order valence-corrected chi connectivity index (χ3v) is 2.32. The van der Waals surface area contributed by atoms with Gasteiger partial charge in [0.2, 0.25) is 0 Å². The standard InChI is InChI=1S/C11H8ClNO3/c12-9-3-1-2-7(4-9)11-8(5-10(14)15)6-16-13-11/h1-4,6H,5H2,(H,14,15). The number of hydrogen-bond acceptors (Lipinski definition) is 3. The summed E-state index contributed by atoms with van der Waals surface area (Å²) < 4.78 is 4.78. The fraction of sp³-hybridized carbons (Fsp3) is 0.0909. The summed E-state index contributed by atoms with van der Waals surface area (Å²) in [5, 5.41) is 13.1. The van der Waals surface area contributed by atoms with Crippen molar-refractivity contribution in [1.82, 2.24) is 5.16 Å². The zero-order valence-electron chi connectivity index (χ0n) is 8.18. The number of benzene rings is 1. The number of aromatic nitrogens is 1. The molecule has 1 heterocycles. The third kappa shape index (κ3) is 2.23. The topological polar surface area (TPSA) is 63.3 Å². The predicted molar refractivity (Wildman–Crippen MR) is 58.3 cm³/mol. The van der Waals surface area contributed by atoms with Crippen LogP contribution in [0.25, 0.3) is 11.3 Å². The Morgan fingerprint density at radius 1 is 1.50 bits per heavy atom. The Balaban J connectivity index is 2.40. The average molecular weight is 238 g/mol. The summed E-state index contributed by atoms with van der Waals surface area (Å²) in [5.41, 5.74) is 1.80. The van der Waals surface area contributed by atoms with Crippen molar-refractivity contribution in [2.24, 2.45) is 0 Å². The molecular weight excluding hydrogens is 230 g/mol. The van der Waals surface area contributed by atoms with E-state index in [1.807, 2.05) is 0 Å². The molecule has 0 aliphatic rings. The second kappa shape index (κ2) is 4.37.